The molecule has 2 unspecified atom stereocenters. The summed E-state index contributed by atoms with van der Waals surface area (Å²) >= 11 is 0. The van der Waals surface area contributed by atoms with E-state index < -0.39 is 12.7 Å². The molecule has 14 heavy (non-hydrogen) atoms. The number of nitrogens with zero attached hydrogens (tertiary/aromatic N) is 1. The van der Waals surface area contributed by atoms with Crippen molar-refractivity contribution in [3.8, 4) is 0 Å². The highest BCUT2D eigenvalue weighted by Crippen LogP contribution is 2.20. The number of rotatable bonds is 2. The summed E-state index contributed by atoms with van der Waals surface area (Å²) in [5.41, 5.74) is 5.34. The zero-order chi connectivity index (χ0) is 10.8. The van der Waals surface area contributed by atoms with Gasteiger partial charge in [-0.3, -0.25) is 4.90 Å². The summed E-state index contributed by atoms with van der Waals surface area (Å²) < 4.78 is 41.6. The minimum Gasteiger partial charge on any atom is -0.374 e. The van der Waals surface area contributed by atoms with Gasteiger partial charge in [-0.25, -0.2) is 0 Å². The lowest BCUT2D eigenvalue weighted by Gasteiger charge is -2.37. The standard InChI is InChI=1S/C8H15F3N2O/c1-6-4-14-7(2-12)3-13(6)5-8(9,10)11/h6-7H,2-5,12H2,1H3. The summed E-state index contributed by atoms with van der Waals surface area (Å²) in [4.78, 5) is 1.36. The Kier molecular flexibility index (Phi) is 3.74. The van der Waals surface area contributed by atoms with Crippen LogP contribution in [-0.4, -0.2) is 49.5 Å². The molecule has 1 heterocycles. The average Bonchev–Trinajstić information content (AvgIpc) is 2.06. The second-order valence-corrected chi connectivity index (χ2v) is 3.58. The van der Waals surface area contributed by atoms with Gasteiger partial charge in [0.25, 0.3) is 0 Å². The Balaban J connectivity index is 2.48. The number of hydrogen-bond donors (Lipinski definition) is 1. The first-order valence-corrected chi connectivity index (χ1v) is 4.55. The van der Waals surface area contributed by atoms with Crippen LogP contribution in [0.5, 0.6) is 0 Å². The summed E-state index contributed by atoms with van der Waals surface area (Å²) in [6.07, 6.45) is -4.42. The largest absolute Gasteiger partial charge is 0.401 e. The fourth-order valence-electron chi connectivity index (χ4n) is 1.47. The maximum absolute atomic E-state index is 12.1. The summed E-state index contributed by atoms with van der Waals surface area (Å²) in [7, 11) is 0. The number of ether oxygens (including phenoxy) is 1. The topological polar surface area (TPSA) is 38.5 Å². The average molecular weight is 212 g/mol. The van der Waals surface area contributed by atoms with Gasteiger partial charge in [0.15, 0.2) is 0 Å². The van der Waals surface area contributed by atoms with Crippen LogP contribution in [0, 0.1) is 0 Å². The molecule has 0 aromatic heterocycles. The van der Waals surface area contributed by atoms with E-state index in [1.54, 1.807) is 6.92 Å². The summed E-state index contributed by atoms with van der Waals surface area (Å²) in [6, 6.07) is -0.195. The molecule has 0 aliphatic carbocycles. The van der Waals surface area contributed by atoms with Crippen LogP contribution >= 0.6 is 0 Å². The molecule has 2 N–H and O–H groups in total. The molecular weight excluding hydrogens is 197 g/mol. The lowest BCUT2D eigenvalue weighted by molar-refractivity contribution is -0.167. The summed E-state index contributed by atoms with van der Waals surface area (Å²) in [6.45, 7) is 1.68. The molecule has 0 radical (unpaired) electrons. The Morgan fingerprint density at radius 1 is 1.50 bits per heavy atom. The van der Waals surface area contributed by atoms with Gasteiger partial charge in [0.2, 0.25) is 0 Å². The predicted octanol–water partition coefficient (Wildman–Crippen LogP) is 0.597. The molecule has 84 valence electrons. The Morgan fingerprint density at radius 2 is 2.14 bits per heavy atom. The van der Waals surface area contributed by atoms with Crippen LogP contribution in [0.25, 0.3) is 0 Å². The van der Waals surface area contributed by atoms with Gasteiger partial charge in [0.1, 0.15) is 0 Å². The fraction of sp³-hybridized carbons (Fsp3) is 1.00. The smallest absolute Gasteiger partial charge is 0.374 e. The molecule has 6 heteroatoms. The molecule has 2 atom stereocenters. The fourth-order valence-corrected chi connectivity index (χ4v) is 1.47. The van der Waals surface area contributed by atoms with Gasteiger partial charge in [-0.2, -0.15) is 13.2 Å². The first kappa shape index (κ1) is 11.7. The van der Waals surface area contributed by atoms with Gasteiger partial charge < -0.3 is 10.5 Å². The number of morpholine rings is 1. The highest BCUT2D eigenvalue weighted by molar-refractivity contribution is 4.79. The maximum atomic E-state index is 12.1. The summed E-state index contributed by atoms with van der Waals surface area (Å²) in [5.74, 6) is 0. The van der Waals surface area contributed by atoms with Crippen molar-refractivity contribution in [2.24, 2.45) is 5.73 Å². The van der Waals surface area contributed by atoms with Crippen molar-refractivity contribution in [2.75, 3.05) is 26.2 Å². The van der Waals surface area contributed by atoms with Gasteiger partial charge in [-0.05, 0) is 6.92 Å². The first-order chi connectivity index (χ1) is 6.42. The van der Waals surface area contributed by atoms with Gasteiger partial charge in [-0.15, -0.1) is 0 Å². The zero-order valence-corrected chi connectivity index (χ0v) is 8.05. The predicted molar refractivity (Wildman–Crippen MR) is 45.9 cm³/mol. The van der Waals surface area contributed by atoms with E-state index in [0.29, 0.717) is 6.61 Å². The van der Waals surface area contributed by atoms with Crippen molar-refractivity contribution in [3.05, 3.63) is 0 Å². The second-order valence-electron chi connectivity index (χ2n) is 3.58. The van der Waals surface area contributed by atoms with E-state index in [-0.39, 0.29) is 25.2 Å². The lowest BCUT2D eigenvalue weighted by atomic mass is 10.2. The van der Waals surface area contributed by atoms with E-state index in [0.717, 1.165) is 0 Å². The van der Waals surface area contributed by atoms with E-state index in [1.165, 1.54) is 4.90 Å². The van der Waals surface area contributed by atoms with E-state index in [9.17, 15) is 13.2 Å². The van der Waals surface area contributed by atoms with E-state index in [1.807, 2.05) is 0 Å². The minimum atomic E-state index is -4.15. The molecule has 0 saturated carbocycles. The van der Waals surface area contributed by atoms with Crippen molar-refractivity contribution < 1.29 is 17.9 Å². The Morgan fingerprint density at radius 3 is 2.64 bits per heavy atom. The van der Waals surface area contributed by atoms with Crippen LogP contribution in [0.4, 0.5) is 13.2 Å². The van der Waals surface area contributed by atoms with Crippen LogP contribution in [-0.2, 0) is 4.74 Å². The quantitative estimate of drug-likeness (QED) is 0.728. The maximum Gasteiger partial charge on any atom is 0.401 e. The van der Waals surface area contributed by atoms with Crippen molar-refractivity contribution in [1.82, 2.24) is 4.90 Å². The molecule has 0 aromatic carbocycles. The Labute approximate surface area is 81.0 Å². The van der Waals surface area contributed by atoms with E-state index in [2.05, 4.69) is 0 Å². The van der Waals surface area contributed by atoms with Crippen LogP contribution in [0.3, 0.4) is 0 Å². The molecule has 3 nitrogen and oxygen atoms in total. The molecule has 1 aliphatic rings. The van der Waals surface area contributed by atoms with E-state index >= 15 is 0 Å². The van der Waals surface area contributed by atoms with Gasteiger partial charge >= 0.3 is 6.18 Å². The molecule has 1 aliphatic heterocycles. The lowest BCUT2D eigenvalue weighted by Crippen LogP contribution is -2.53. The molecule has 1 saturated heterocycles. The van der Waals surface area contributed by atoms with Crippen LogP contribution < -0.4 is 5.73 Å². The van der Waals surface area contributed by atoms with Crippen LogP contribution in [0.15, 0.2) is 0 Å². The number of halogens is 3. The van der Waals surface area contributed by atoms with Gasteiger partial charge in [0.05, 0.1) is 19.3 Å². The van der Waals surface area contributed by atoms with Crippen molar-refractivity contribution in [1.29, 1.82) is 0 Å². The molecule has 0 spiro atoms. The highest BCUT2D eigenvalue weighted by Gasteiger charge is 2.35. The number of nitrogens with two attached hydrogens (primary N) is 1. The molecule has 0 amide bonds. The Hall–Kier alpha value is -0.330. The third-order valence-corrected chi connectivity index (χ3v) is 2.28. The minimum absolute atomic E-state index is 0.195. The third kappa shape index (κ3) is 3.43. The second kappa shape index (κ2) is 4.46. The van der Waals surface area contributed by atoms with E-state index in [4.69, 9.17) is 10.5 Å². The van der Waals surface area contributed by atoms with Crippen molar-refractivity contribution in [2.45, 2.75) is 25.2 Å². The first-order valence-electron chi connectivity index (χ1n) is 4.55. The normalized spacial score (nSPS) is 30.6. The summed E-state index contributed by atoms with van der Waals surface area (Å²) in [5, 5.41) is 0. The number of alkyl halides is 3. The van der Waals surface area contributed by atoms with Gasteiger partial charge in [-0.1, -0.05) is 0 Å². The van der Waals surface area contributed by atoms with Crippen molar-refractivity contribution >= 4 is 0 Å². The zero-order valence-electron chi connectivity index (χ0n) is 8.05. The molecule has 0 bridgehead atoms. The Bertz CT molecular complexity index is 186. The third-order valence-electron chi connectivity index (χ3n) is 2.28. The monoisotopic (exact) mass is 212 g/mol. The molecule has 1 fully saturated rings. The highest BCUT2D eigenvalue weighted by atomic mass is 19.4. The number of hydrogen-bond acceptors (Lipinski definition) is 3. The SMILES string of the molecule is CC1COC(CN)CN1CC(F)(F)F. The molecule has 1 rings (SSSR count). The van der Waals surface area contributed by atoms with Crippen LogP contribution in [0.1, 0.15) is 6.92 Å². The van der Waals surface area contributed by atoms with Gasteiger partial charge in [0, 0.05) is 19.1 Å². The molecular formula is C8H15F3N2O. The van der Waals surface area contributed by atoms with Crippen molar-refractivity contribution in [3.63, 3.8) is 0 Å². The molecule has 0 aromatic rings. The van der Waals surface area contributed by atoms with Crippen LogP contribution in [0.2, 0.25) is 0 Å².